The van der Waals surface area contributed by atoms with Crippen LogP contribution >= 0.6 is 0 Å². The van der Waals surface area contributed by atoms with Gasteiger partial charge in [0.1, 0.15) is 0 Å². The van der Waals surface area contributed by atoms with E-state index in [1.54, 1.807) is 13.0 Å². The van der Waals surface area contributed by atoms with E-state index >= 15 is 0 Å². The van der Waals surface area contributed by atoms with Crippen LogP contribution in [0.3, 0.4) is 0 Å². The molecule has 0 atom stereocenters. The first kappa shape index (κ1) is 9.51. The Morgan fingerprint density at radius 2 is 2.23 bits per heavy atom. The number of nitrogens with one attached hydrogen (secondary N) is 1. The minimum atomic E-state index is -0.670. The molecule has 0 aliphatic heterocycles. The fourth-order valence-corrected chi connectivity index (χ4v) is 1.15. The average molecular weight is 182 g/mol. The topological polar surface area (TPSA) is 70.1 Å². The van der Waals surface area contributed by atoms with Crippen molar-refractivity contribution in [1.29, 1.82) is 5.41 Å². The predicted octanol–water partition coefficient (Wildman–Crippen LogP) is 1.32. The molecule has 0 fully saturated rings. The Morgan fingerprint density at radius 1 is 1.62 bits per heavy atom. The molecule has 1 aromatic carbocycles. The Hall–Kier alpha value is -1.58. The molecule has 0 spiro atoms. The molecule has 0 unspecified atom stereocenters. The summed E-state index contributed by atoms with van der Waals surface area (Å²) in [5, 5.41) is 16.3. The van der Waals surface area contributed by atoms with E-state index in [0.717, 1.165) is 0 Å². The molecule has 0 aromatic heterocycles. The molecule has 0 radical (unpaired) electrons. The van der Waals surface area contributed by atoms with Gasteiger partial charge in [-0.3, -0.25) is 5.41 Å². The second kappa shape index (κ2) is 3.43. The van der Waals surface area contributed by atoms with Crippen LogP contribution < -0.4 is 5.73 Å². The minimum Gasteiger partial charge on any atom is -0.505 e. The Kier molecular flexibility index (Phi) is 2.51. The Labute approximate surface area is 75.5 Å². The highest BCUT2D eigenvalue weighted by molar-refractivity contribution is 5.80. The van der Waals surface area contributed by atoms with Gasteiger partial charge in [-0.15, -0.1) is 0 Å². The van der Waals surface area contributed by atoms with E-state index in [1.165, 1.54) is 6.07 Å². The lowest BCUT2D eigenvalue weighted by atomic mass is 10.1. The quantitative estimate of drug-likeness (QED) is 0.477. The zero-order valence-corrected chi connectivity index (χ0v) is 7.26. The second-order valence-electron chi connectivity index (χ2n) is 2.96. The van der Waals surface area contributed by atoms with E-state index in [-0.39, 0.29) is 12.3 Å². The van der Waals surface area contributed by atoms with E-state index in [0.29, 0.717) is 11.1 Å². The van der Waals surface area contributed by atoms with Crippen molar-refractivity contribution in [3.05, 3.63) is 29.1 Å². The molecular weight excluding hydrogens is 171 g/mol. The molecule has 13 heavy (non-hydrogen) atoms. The van der Waals surface area contributed by atoms with Gasteiger partial charge < -0.3 is 10.8 Å². The third-order valence-electron chi connectivity index (χ3n) is 1.67. The third-order valence-corrected chi connectivity index (χ3v) is 1.67. The van der Waals surface area contributed by atoms with Gasteiger partial charge in [-0.05, 0) is 18.6 Å². The number of rotatable bonds is 2. The number of halogens is 1. The van der Waals surface area contributed by atoms with Crippen molar-refractivity contribution in [2.24, 2.45) is 5.73 Å². The van der Waals surface area contributed by atoms with E-state index in [9.17, 15) is 9.50 Å². The van der Waals surface area contributed by atoms with Gasteiger partial charge in [0.05, 0.1) is 5.84 Å². The first-order valence-electron chi connectivity index (χ1n) is 3.81. The number of nitrogens with two attached hydrogens (primary N) is 1. The maximum atomic E-state index is 12.9. The van der Waals surface area contributed by atoms with Gasteiger partial charge >= 0.3 is 0 Å². The van der Waals surface area contributed by atoms with Crippen LogP contribution in [0.15, 0.2) is 12.1 Å². The fraction of sp³-hybridized carbons (Fsp3) is 0.222. The maximum absolute atomic E-state index is 12.9. The second-order valence-corrected chi connectivity index (χ2v) is 2.96. The highest BCUT2D eigenvalue weighted by Crippen LogP contribution is 2.23. The number of aromatic hydroxyl groups is 1. The largest absolute Gasteiger partial charge is 0.505 e. The van der Waals surface area contributed by atoms with Crippen molar-refractivity contribution < 1.29 is 9.50 Å². The molecule has 1 aromatic rings. The molecule has 1 rings (SSSR count). The molecule has 0 saturated heterocycles. The van der Waals surface area contributed by atoms with Crippen LogP contribution in [-0.2, 0) is 6.42 Å². The van der Waals surface area contributed by atoms with Crippen LogP contribution in [0, 0.1) is 18.2 Å². The predicted molar refractivity (Wildman–Crippen MR) is 48.4 cm³/mol. The summed E-state index contributed by atoms with van der Waals surface area (Å²) in [6.45, 7) is 1.71. The molecule has 4 N–H and O–H groups in total. The number of phenols is 1. The Morgan fingerprint density at radius 3 is 2.77 bits per heavy atom. The van der Waals surface area contributed by atoms with Crippen molar-refractivity contribution in [3.63, 3.8) is 0 Å². The Bertz CT molecular complexity index is 350. The van der Waals surface area contributed by atoms with E-state index in [2.05, 4.69) is 0 Å². The summed E-state index contributed by atoms with van der Waals surface area (Å²) >= 11 is 0. The van der Waals surface area contributed by atoms with Crippen LogP contribution in [0.4, 0.5) is 4.39 Å². The highest BCUT2D eigenvalue weighted by Gasteiger charge is 2.08. The molecule has 70 valence electrons. The summed E-state index contributed by atoms with van der Waals surface area (Å²) in [5.41, 5.74) is 6.20. The molecule has 0 aliphatic rings. The van der Waals surface area contributed by atoms with Gasteiger partial charge in [0.2, 0.25) is 0 Å². The van der Waals surface area contributed by atoms with Crippen molar-refractivity contribution in [3.8, 4) is 5.75 Å². The fourth-order valence-electron chi connectivity index (χ4n) is 1.15. The van der Waals surface area contributed by atoms with Crippen LogP contribution in [0.1, 0.15) is 11.1 Å². The Balaban J connectivity index is 3.12. The van der Waals surface area contributed by atoms with Gasteiger partial charge in [-0.25, -0.2) is 4.39 Å². The zero-order valence-electron chi connectivity index (χ0n) is 7.26. The first-order chi connectivity index (χ1) is 6.00. The summed E-state index contributed by atoms with van der Waals surface area (Å²) in [6, 6.07) is 2.85. The van der Waals surface area contributed by atoms with Crippen LogP contribution in [0.5, 0.6) is 5.75 Å². The van der Waals surface area contributed by atoms with Gasteiger partial charge in [0, 0.05) is 12.0 Å². The van der Waals surface area contributed by atoms with E-state index in [4.69, 9.17) is 11.1 Å². The summed E-state index contributed by atoms with van der Waals surface area (Å²) in [6.07, 6.45) is 0.0738. The summed E-state index contributed by atoms with van der Waals surface area (Å²) in [5.74, 6) is -1.18. The normalized spacial score (nSPS) is 10.0. The number of hydrogen-bond acceptors (Lipinski definition) is 2. The number of hydrogen-bond donors (Lipinski definition) is 3. The van der Waals surface area contributed by atoms with Gasteiger partial charge in [0.15, 0.2) is 11.6 Å². The van der Waals surface area contributed by atoms with E-state index in [1.807, 2.05) is 0 Å². The molecule has 0 saturated carbocycles. The standard InChI is InChI=1S/C9H11FN2O/c1-5-2-6(4-8(11)12)9(13)7(10)3-5/h2-3,13H,4H2,1H3,(H3,11,12). The molecule has 0 bridgehead atoms. The van der Waals surface area contributed by atoms with Crippen molar-refractivity contribution in [2.75, 3.05) is 0 Å². The van der Waals surface area contributed by atoms with Crippen LogP contribution in [-0.4, -0.2) is 10.9 Å². The molecule has 3 nitrogen and oxygen atoms in total. The van der Waals surface area contributed by atoms with Crippen LogP contribution in [0.25, 0.3) is 0 Å². The van der Waals surface area contributed by atoms with Crippen LogP contribution in [0.2, 0.25) is 0 Å². The lowest BCUT2D eigenvalue weighted by Crippen LogP contribution is -2.13. The van der Waals surface area contributed by atoms with Gasteiger partial charge in [0.25, 0.3) is 0 Å². The minimum absolute atomic E-state index is 0.0738. The van der Waals surface area contributed by atoms with Crippen molar-refractivity contribution in [2.45, 2.75) is 13.3 Å². The van der Waals surface area contributed by atoms with Crippen molar-refractivity contribution in [1.82, 2.24) is 0 Å². The molecule has 0 heterocycles. The molecule has 4 heteroatoms. The molecule has 0 aliphatic carbocycles. The number of amidine groups is 1. The number of aryl methyl sites for hydroxylation is 1. The number of benzene rings is 1. The smallest absolute Gasteiger partial charge is 0.165 e. The maximum Gasteiger partial charge on any atom is 0.165 e. The average Bonchev–Trinajstić information content (AvgIpc) is 1.98. The zero-order chi connectivity index (χ0) is 10.0. The van der Waals surface area contributed by atoms with Gasteiger partial charge in [-0.1, -0.05) is 6.07 Å². The lowest BCUT2D eigenvalue weighted by molar-refractivity contribution is 0.427. The molecular formula is C9H11FN2O. The third kappa shape index (κ3) is 2.18. The summed E-state index contributed by atoms with van der Waals surface area (Å²) in [7, 11) is 0. The first-order valence-corrected chi connectivity index (χ1v) is 3.81. The summed E-state index contributed by atoms with van der Waals surface area (Å²) < 4.78 is 12.9. The van der Waals surface area contributed by atoms with Crippen molar-refractivity contribution >= 4 is 5.84 Å². The number of phenolic OH excluding ortho intramolecular Hbond substituents is 1. The SMILES string of the molecule is Cc1cc(F)c(O)c(CC(=N)N)c1. The monoisotopic (exact) mass is 182 g/mol. The highest BCUT2D eigenvalue weighted by atomic mass is 19.1. The van der Waals surface area contributed by atoms with E-state index < -0.39 is 11.6 Å². The lowest BCUT2D eigenvalue weighted by Gasteiger charge is -2.05. The molecule has 0 amide bonds. The summed E-state index contributed by atoms with van der Waals surface area (Å²) in [4.78, 5) is 0. The van der Waals surface area contributed by atoms with Gasteiger partial charge in [-0.2, -0.15) is 0 Å².